The smallest absolute Gasteiger partial charge is 0.305 e. The minimum atomic E-state index is -0.561. The molecule has 0 aliphatic rings. The maximum absolute atomic E-state index is 12.5. The lowest BCUT2D eigenvalue weighted by molar-refractivity contribution is -0.118. The predicted molar refractivity (Wildman–Crippen MR) is 129 cm³/mol. The first kappa shape index (κ1) is 23.4. The Labute approximate surface area is 201 Å². The van der Waals surface area contributed by atoms with E-state index in [9.17, 15) is 14.4 Å². The highest BCUT2D eigenvalue weighted by atomic mass is 16.5. The van der Waals surface area contributed by atoms with Crippen LogP contribution in [-0.4, -0.2) is 31.4 Å². The van der Waals surface area contributed by atoms with Crippen LogP contribution in [-0.2, 0) is 4.79 Å². The molecule has 0 aliphatic carbocycles. The average Bonchev–Trinajstić information content (AvgIpc) is 3.23. The molecule has 35 heavy (non-hydrogen) atoms. The highest BCUT2D eigenvalue weighted by Crippen LogP contribution is 2.24. The molecular weight excluding hydrogens is 450 g/mol. The molecule has 3 N–H and O–H groups in total. The second-order valence-electron chi connectivity index (χ2n) is 7.55. The summed E-state index contributed by atoms with van der Waals surface area (Å²) in [7, 11) is 1.55. The van der Waals surface area contributed by atoms with Gasteiger partial charge < -0.3 is 19.2 Å². The van der Waals surface area contributed by atoms with Crippen molar-refractivity contribution in [1.82, 2.24) is 10.9 Å². The van der Waals surface area contributed by atoms with Crippen molar-refractivity contribution in [1.29, 1.82) is 0 Å². The van der Waals surface area contributed by atoms with E-state index in [0.717, 1.165) is 5.39 Å². The molecular formula is C26H23N3O6. The number of fused-ring (bicyclic) bond motifs is 1. The van der Waals surface area contributed by atoms with E-state index < -0.39 is 11.8 Å². The third kappa shape index (κ3) is 5.59. The SMILES string of the molecule is COc1cccc(NC(=O)COc2ccc(C(=O)NNC(=O)c3oc4ccccc4c3C)cc2)c1. The van der Waals surface area contributed by atoms with Crippen molar-refractivity contribution in [3.05, 3.63) is 89.7 Å². The van der Waals surface area contributed by atoms with E-state index in [2.05, 4.69) is 16.2 Å². The first-order valence-electron chi connectivity index (χ1n) is 10.7. The van der Waals surface area contributed by atoms with Crippen molar-refractivity contribution in [2.24, 2.45) is 0 Å². The van der Waals surface area contributed by atoms with Gasteiger partial charge in [-0.2, -0.15) is 0 Å². The Hall–Kier alpha value is -4.79. The number of methoxy groups -OCH3 is 1. The number of hydrogen-bond acceptors (Lipinski definition) is 6. The Morgan fingerprint density at radius 1 is 0.857 bits per heavy atom. The number of para-hydroxylation sites is 1. The number of amides is 3. The van der Waals surface area contributed by atoms with E-state index in [1.54, 1.807) is 56.5 Å². The van der Waals surface area contributed by atoms with Gasteiger partial charge in [-0.1, -0.05) is 24.3 Å². The number of furan rings is 1. The zero-order valence-corrected chi connectivity index (χ0v) is 19.1. The number of rotatable bonds is 7. The molecule has 4 aromatic rings. The summed E-state index contributed by atoms with van der Waals surface area (Å²) in [4.78, 5) is 37.0. The predicted octanol–water partition coefficient (Wildman–Crippen LogP) is 3.84. The van der Waals surface area contributed by atoms with Gasteiger partial charge in [-0.15, -0.1) is 0 Å². The number of benzene rings is 3. The van der Waals surface area contributed by atoms with Crippen LogP contribution in [0.3, 0.4) is 0 Å². The number of aryl methyl sites for hydroxylation is 1. The second-order valence-corrected chi connectivity index (χ2v) is 7.55. The van der Waals surface area contributed by atoms with Crippen molar-refractivity contribution in [2.75, 3.05) is 19.0 Å². The molecule has 0 aliphatic heterocycles. The van der Waals surface area contributed by atoms with Crippen LogP contribution in [0.4, 0.5) is 5.69 Å². The van der Waals surface area contributed by atoms with Gasteiger partial charge in [0.25, 0.3) is 11.8 Å². The average molecular weight is 473 g/mol. The minimum Gasteiger partial charge on any atom is -0.497 e. The maximum Gasteiger partial charge on any atom is 0.305 e. The number of anilines is 1. The van der Waals surface area contributed by atoms with Crippen LogP contribution < -0.4 is 25.6 Å². The summed E-state index contributed by atoms with van der Waals surface area (Å²) in [5.41, 5.74) is 6.88. The maximum atomic E-state index is 12.5. The van der Waals surface area contributed by atoms with Gasteiger partial charge in [0, 0.05) is 28.3 Å². The van der Waals surface area contributed by atoms with E-state index in [4.69, 9.17) is 13.9 Å². The van der Waals surface area contributed by atoms with Gasteiger partial charge in [-0.25, -0.2) is 0 Å². The Morgan fingerprint density at radius 3 is 2.34 bits per heavy atom. The Morgan fingerprint density at radius 2 is 1.60 bits per heavy atom. The summed E-state index contributed by atoms with van der Waals surface area (Å²) in [6.07, 6.45) is 0. The molecule has 9 nitrogen and oxygen atoms in total. The van der Waals surface area contributed by atoms with Crippen LogP contribution in [0.5, 0.6) is 11.5 Å². The summed E-state index contributed by atoms with van der Waals surface area (Å²) in [5.74, 6) is -0.264. The molecule has 0 saturated carbocycles. The van der Waals surface area contributed by atoms with Gasteiger partial charge in [-0.05, 0) is 49.4 Å². The third-order valence-electron chi connectivity index (χ3n) is 5.18. The summed E-state index contributed by atoms with van der Waals surface area (Å²) in [6.45, 7) is 1.56. The zero-order valence-electron chi connectivity index (χ0n) is 19.1. The van der Waals surface area contributed by atoms with Gasteiger partial charge >= 0.3 is 5.91 Å². The molecule has 0 bridgehead atoms. The van der Waals surface area contributed by atoms with E-state index in [1.807, 2.05) is 18.2 Å². The van der Waals surface area contributed by atoms with Crippen molar-refractivity contribution in [2.45, 2.75) is 6.92 Å². The second kappa shape index (κ2) is 10.4. The molecule has 9 heteroatoms. The summed E-state index contributed by atoms with van der Waals surface area (Å²) in [5, 5.41) is 3.54. The Balaban J connectivity index is 1.27. The zero-order chi connectivity index (χ0) is 24.8. The quantitative estimate of drug-likeness (QED) is 0.351. The first-order chi connectivity index (χ1) is 16.9. The largest absolute Gasteiger partial charge is 0.497 e. The van der Waals surface area contributed by atoms with Crippen molar-refractivity contribution in [3.8, 4) is 11.5 Å². The normalized spacial score (nSPS) is 10.5. The number of ether oxygens (including phenoxy) is 2. The Kier molecular flexibility index (Phi) is 6.96. The van der Waals surface area contributed by atoms with Crippen LogP contribution in [0.2, 0.25) is 0 Å². The molecule has 0 atom stereocenters. The number of nitrogens with one attached hydrogen (secondary N) is 3. The molecule has 1 heterocycles. The highest BCUT2D eigenvalue weighted by Gasteiger charge is 2.18. The molecule has 0 radical (unpaired) electrons. The molecule has 178 valence electrons. The summed E-state index contributed by atoms with van der Waals surface area (Å²) < 4.78 is 16.2. The lowest BCUT2D eigenvalue weighted by Crippen LogP contribution is -2.41. The molecule has 0 spiro atoms. The fraction of sp³-hybridized carbons (Fsp3) is 0.115. The van der Waals surface area contributed by atoms with Gasteiger partial charge in [-0.3, -0.25) is 25.2 Å². The number of carbonyl (C=O) groups is 3. The van der Waals surface area contributed by atoms with E-state index in [-0.39, 0.29) is 18.3 Å². The van der Waals surface area contributed by atoms with Crippen molar-refractivity contribution in [3.63, 3.8) is 0 Å². The third-order valence-corrected chi connectivity index (χ3v) is 5.18. The minimum absolute atomic E-state index is 0.127. The number of hydrogen-bond donors (Lipinski definition) is 3. The van der Waals surface area contributed by atoms with Crippen LogP contribution in [0.25, 0.3) is 11.0 Å². The van der Waals surface area contributed by atoms with Crippen LogP contribution in [0.15, 0.2) is 77.2 Å². The molecule has 1 aromatic heterocycles. The number of carbonyl (C=O) groups excluding carboxylic acids is 3. The lowest BCUT2D eigenvalue weighted by Gasteiger charge is -2.10. The van der Waals surface area contributed by atoms with E-state index in [0.29, 0.717) is 33.9 Å². The molecule has 0 saturated heterocycles. The molecule has 0 fully saturated rings. The van der Waals surface area contributed by atoms with Gasteiger partial charge in [0.1, 0.15) is 17.1 Å². The van der Waals surface area contributed by atoms with Crippen LogP contribution >= 0.6 is 0 Å². The number of hydrazine groups is 1. The van der Waals surface area contributed by atoms with E-state index in [1.165, 1.54) is 12.1 Å². The monoisotopic (exact) mass is 473 g/mol. The summed E-state index contributed by atoms with van der Waals surface area (Å²) in [6, 6.07) is 20.4. The first-order valence-corrected chi connectivity index (χ1v) is 10.7. The summed E-state index contributed by atoms with van der Waals surface area (Å²) >= 11 is 0. The fourth-order valence-electron chi connectivity index (χ4n) is 3.38. The van der Waals surface area contributed by atoms with Crippen molar-refractivity contribution < 1.29 is 28.3 Å². The van der Waals surface area contributed by atoms with Crippen molar-refractivity contribution >= 4 is 34.4 Å². The van der Waals surface area contributed by atoms with E-state index >= 15 is 0 Å². The highest BCUT2D eigenvalue weighted by molar-refractivity contribution is 6.01. The molecule has 3 amide bonds. The standard InChI is InChI=1S/C26H23N3O6/c1-16-21-8-3-4-9-22(21)35-24(16)26(32)29-28-25(31)17-10-12-19(13-11-17)34-15-23(30)27-18-6-5-7-20(14-18)33-2/h3-14H,15H2,1-2H3,(H,27,30)(H,28,31)(H,29,32). The van der Waals surface area contributed by atoms with Crippen LogP contribution in [0.1, 0.15) is 26.5 Å². The molecule has 3 aromatic carbocycles. The van der Waals surface area contributed by atoms with Crippen LogP contribution in [0, 0.1) is 6.92 Å². The molecule has 4 rings (SSSR count). The Bertz CT molecular complexity index is 1380. The molecule has 0 unspecified atom stereocenters. The fourth-order valence-corrected chi connectivity index (χ4v) is 3.38. The van der Waals surface area contributed by atoms with Gasteiger partial charge in [0.2, 0.25) is 0 Å². The van der Waals surface area contributed by atoms with Gasteiger partial charge in [0.05, 0.1) is 7.11 Å². The lowest BCUT2D eigenvalue weighted by atomic mass is 10.1. The topological polar surface area (TPSA) is 119 Å². The van der Waals surface area contributed by atoms with Gasteiger partial charge in [0.15, 0.2) is 12.4 Å².